The molecule has 4 aliphatic carbocycles. The Hall–Kier alpha value is -1.82. The van der Waals surface area contributed by atoms with Gasteiger partial charge in [-0.05, 0) is 93.4 Å². The van der Waals surface area contributed by atoms with Gasteiger partial charge in [0.1, 0.15) is 5.25 Å². The maximum absolute atomic E-state index is 12.5. The van der Waals surface area contributed by atoms with E-state index in [-0.39, 0.29) is 23.8 Å². The summed E-state index contributed by atoms with van der Waals surface area (Å²) in [5.74, 6) is 2.26. The summed E-state index contributed by atoms with van der Waals surface area (Å²) in [6.45, 7) is 4.02. The number of hydrogen-bond acceptors (Lipinski definition) is 4. The number of carbonyl (C=O) groups excluding carboxylic acids is 2. The number of amidine groups is 1. The Labute approximate surface area is 176 Å². The Morgan fingerprint density at radius 1 is 1.10 bits per heavy atom. The fraction of sp³-hybridized carbons (Fsp3) is 0.609. The molecule has 4 bridgehead atoms. The lowest BCUT2D eigenvalue weighted by molar-refractivity contribution is -0.122. The van der Waals surface area contributed by atoms with Crippen LogP contribution in [0.15, 0.2) is 23.2 Å². The Morgan fingerprint density at radius 3 is 2.28 bits per heavy atom. The SMILES string of the molecule is Cc1cc(C)cc(NC(=O)CC2SC(=NC34CC5CC(CC(C5)C3)C4)NC2=O)c1. The maximum Gasteiger partial charge on any atom is 0.240 e. The number of thioether (sulfide) groups is 1. The number of anilines is 1. The lowest BCUT2D eigenvalue weighted by atomic mass is 9.53. The Morgan fingerprint density at radius 2 is 1.69 bits per heavy atom. The van der Waals surface area contributed by atoms with Crippen LogP contribution in [-0.4, -0.2) is 27.8 Å². The highest BCUT2D eigenvalue weighted by molar-refractivity contribution is 8.15. The van der Waals surface area contributed by atoms with Gasteiger partial charge in [-0.1, -0.05) is 17.8 Å². The standard InChI is InChI=1S/C23H29N3O2S/c1-13-3-14(2)5-18(4-13)24-20(27)9-19-21(28)25-22(29-19)26-23-10-15-6-16(11-23)8-17(7-15)12-23/h3-5,15-17,19H,6-12H2,1-2H3,(H,24,27)(H,25,26,28). The summed E-state index contributed by atoms with van der Waals surface area (Å²) in [6, 6.07) is 5.97. The molecule has 2 amide bonds. The van der Waals surface area contributed by atoms with Crippen molar-refractivity contribution < 1.29 is 9.59 Å². The average molecular weight is 412 g/mol. The van der Waals surface area contributed by atoms with Crippen molar-refractivity contribution in [3.8, 4) is 0 Å². The molecule has 5 nitrogen and oxygen atoms in total. The van der Waals surface area contributed by atoms with Crippen molar-refractivity contribution in [1.82, 2.24) is 5.32 Å². The highest BCUT2D eigenvalue weighted by Crippen LogP contribution is 2.57. The molecular formula is C23H29N3O2S. The molecule has 4 saturated carbocycles. The lowest BCUT2D eigenvalue weighted by Crippen LogP contribution is -2.50. The molecule has 1 saturated heterocycles. The Bertz CT molecular complexity index is 839. The molecule has 5 fully saturated rings. The van der Waals surface area contributed by atoms with Crippen molar-refractivity contribution in [3.05, 3.63) is 29.3 Å². The summed E-state index contributed by atoms with van der Waals surface area (Å²) in [6.07, 6.45) is 7.84. The first-order chi connectivity index (χ1) is 13.9. The average Bonchev–Trinajstić information content (AvgIpc) is 2.90. The molecule has 6 rings (SSSR count). The van der Waals surface area contributed by atoms with Gasteiger partial charge in [-0.25, -0.2) is 0 Å². The van der Waals surface area contributed by atoms with Gasteiger partial charge in [-0.15, -0.1) is 0 Å². The maximum atomic E-state index is 12.5. The van der Waals surface area contributed by atoms with E-state index in [1.54, 1.807) is 0 Å². The zero-order valence-electron chi connectivity index (χ0n) is 17.2. The summed E-state index contributed by atoms with van der Waals surface area (Å²) in [7, 11) is 0. The zero-order valence-corrected chi connectivity index (χ0v) is 18.0. The van der Waals surface area contributed by atoms with Crippen LogP contribution >= 0.6 is 11.8 Å². The van der Waals surface area contributed by atoms with Crippen LogP contribution in [0.25, 0.3) is 0 Å². The largest absolute Gasteiger partial charge is 0.326 e. The van der Waals surface area contributed by atoms with E-state index in [4.69, 9.17) is 4.99 Å². The molecule has 0 aromatic heterocycles. The highest BCUT2D eigenvalue weighted by Gasteiger charge is 2.51. The van der Waals surface area contributed by atoms with Crippen LogP contribution in [0.1, 0.15) is 56.1 Å². The van der Waals surface area contributed by atoms with Crippen LogP contribution in [0.2, 0.25) is 0 Å². The van der Waals surface area contributed by atoms with E-state index in [9.17, 15) is 9.59 Å². The van der Waals surface area contributed by atoms with Crippen molar-refractivity contribution in [2.75, 3.05) is 5.32 Å². The van der Waals surface area contributed by atoms with Gasteiger partial charge in [0.2, 0.25) is 11.8 Å². The van der Waals surface area contributed by atoms with Gasteiger partial charge < -0.3 is 10.6 Å². The number of nitrogens with zero attached hydrogens (tertiary/aromatic N) is 1. The van der Waals surface area contributed by atoms with E-state index in [0.29, 0.717) is 0 Å². The molecule has 1 aliphatic heterocycles. The van der Waals surface area contributed by atoms with Gasteiger partial charge in [0, 0.05) is 12.1 Å². The quantitative estimate of drug-likeness (QED) is 0.780. The van der Waals surface area contributed by atoms with Crippen LogP contribution in [0.4, 0.5) is 5.69 Å². The molecule has 6 heteroatoms. The van der Waals surface area contributed by atoms with E-state index in [1.165, 1.54) is 50.3 Å². The van der Waals surface area contributed by atoms with Crippen LogP contribution in [-0.2, 0) is 9.59 Å². The van der Waals surface area contributed by atoms with Crippen LogP contribution < -0.4 is 10.6 Å². The molecule has 2 N–H and O–H groups in total. The third-order valence-corrected chi connectivity index (χ3v) is 8.08. The van der Waals surface area contributed by atoms with Crippen molar-refractivity contribution in [3.63, 3.8) is 0 Å². The molecule has 0 radical (unpaired) electrons. The first kappa shape index (κ1) is 19.2. The second kappa shape index (κ2) is 7.15. The first-order valence-electron chi connectivity index (χ1n) is 10.8. The number of hydrogen-bond donors (Lipinski definition) is 2. The Kier molecular flexibility index (Phi) is 4.72. The molecule has 5 aliphatic rings. The summed E-state index contributed by atoms with van der Waals surface area (Å²) < 4.78 is 0. The number of rotatable bonds is 4. The molecule has 1 unspecified atom stereocenters. The van der Waals surface area contributed by atoms with Crippen molar-refractivity contribution >= 4 is 34.4 Å². The van der Waals surface area contributed by atoms with Crippen LogP contribution in [0.5, 0.6) is 0 Å². The predicted octanol–water partition coefficient (Wildman–Crippen LogP) is 4.19. The fourth-order valence-corrected chi connectivity index (χ4v) is 7.51. The number of amides is 2. The van der Waals surface area contributed by atoms with Gasteiger partial charge >= 0.3 is 0 Å². The molecule has 154 valence electrons. The van der Waals surface area contributed by atoms with Gasteiger partial charge in [-0.2, -0.15) is 0 Å². The van der Waals surface area contributed by atoms with E-state index in [1.807, 2.05) is 26.0 Å². The smallest absolute Gasteiger partial charge is 0.240 e. The second-order valence-corrected chi connectivity index (χ2v) is 11.0. The van der Waals surface area contributed by atoms with E-state index in [0.717, 1.165) is 39.7 Å². The summed E-state index contributed by atoms with van der Waals surface area (Å²) in [4.78, 5) is 30.1. The minimum Gasteiger partial charge on any atom is -0.326 e. The third kappa shape index (κ3) is 3.96. The van der Waals surface area contributed by atoms with Gasteiger partial charge in [0.15, 0.2) is 5.17 Å². The Balaban J connectivity index is 1.23. The molecular weight excluding hydrogens is 382 g/mol. The van der Waals surface area contributed by atoms with Crippen LogP contribution in [0, 0.1) is 31.6 Å². The topological polar surface area (TPSA) is 70.6 Å². The summed E-state index contributed by atoms with van der Waals surface area (Å²) in [5.41, 5.74) is 3.05. The van der Waals surface area contributed by atoms with Crippen molar-refractivity contribution in [1.29, 1.82) is 0 Å². The third-order valence-electron chi connectivity index (χ3n) is 7.00. The van der Waals surface area contributed by atoms with E-state index in [2.05, 4.69) is 16.7 Å². The van der Waals surface area contributed by atoms with E-state index < -0.39 is 5.25 Å². The van der Waals surface area contributed by atoms with Gasteiger partial charge in [0.05, 0.1) is 5.54 Å². The lowest BCUT2D eigenvalue weighted by Gasteiger charge is -2.55. The number of benzene rings is 1. The molecule has 1 aromatic rings. The molecule has 1 atom stereocenters. The van der Waals surface area contributed by atoms with E-state index >= 15 is 0 Å². The normalized spacial score (nSPS) is 36.5. The van der Waals surface area contributed by atoms with Crippen LogP contribution in [0.3, 0.4) is 0 Å². The first-order valence-corrected chi connectivity index (χ1v) is 11.7. The zero-order chi connectivity index (χ0) is 20.2. The van der Waals surface area contributed by atoms with Crippen molar-refractivity contribution in [2.24, 2.45) is 22.7 Å². The fourth-order valence-electron chi connectivity index (χ4n) is 6.44. The second-order valence-electron chi connectivity index (χ2n) is 9.78. The molecule has 29 heavy (non-hydrogen) atoms. The van der Waals surface area contributed by atoms with Crippen molar-refractivity contribution in [2.45, 2.75) is 69.6 Å². The minimum atomic E-state index is -0.395. The predicted molar refractivity (Wildman–Crippen MR) is 117 cm³/mol. The summed E-state index contributed by atoms with van der Waals surface area (Å²) in [5, 5.41) is 6.24. The molecule has 0 spiro atoms. The minimum absolute atomic E-state index is 0.0423. The van der Waals surface area contributed by atoms with Gasteiger partial charge in [-0.3, -0.25) is 14.6 Å². The number of nitrogens with one attached hydrogen (secondary N) is 2. The number of carbonyl (C=O) groups is 2. The molecule has 1 heterocycles. The monoisotopic (exact) mass is 411 g/mol. The highest BCUT2D eigenvalue weighted by atomic mass is 32.2. The summed E-state index contributed by atoms with van der Waals surface area (Å²) >= 11 is 1.44. The number of aryl methyl sites for hydroxylation is 2. The number of aliphatic imine (C=N–C) groups is 1. The van der Waals surface area contributed by atoms with Gasteiger partial charge in [0.25, 0.3) is 0 Å². The molecule has 1 aromatic carbocycles.